The van der Waals surface area contributed by atoms with E-state index in [0.29, 0.717) is 12.4 Å². The van der Waals surface area contributed by atoms with E-state index in [0.717, 1.165) is 24.2 Å². The summed E-state index contributed by atoms with van der Waals surface area (Å²) in [6.45, 7) is 2.30. The molecule has 1 aromatic heterocycles. The van der Waals surface area contributed by atoms with Gasteiger partial charge in [-0.3, -0.25) is 14.5 Å². The Morgan fingerprint density at radius 3 is 2.93 bits per heavy atom. The van der Waals surface area contributed by atoms with Crippen LogP contribution in [0.5, 0.6) is 0 Å². The van der Waals surface area contributed by atoms with E-state index in [4.69, 9.17) is 15.3 Å². The van der Waals surface area contributed by atoms with Gasteiger partial charge in [0.15, 0.2) is 10.8 Å². The first-order valence-corrected chi connectivity index (χ1v) is 10.9. The Morgan fingerprint density at radius 1 is 1.48 bits per heavy atom. The minimum Gasteiger partial charge on any atom is -0.461 e. The van der Waals surface area contributed by atoms with Gasteiger partial charge in [-0.1, -0.05) is 18.5 Å². The van der Waals surface area contributed by atoms with Crippen molar-refractivity contribution in [2.75, 3.05) is 25.2 Å². The van der Waals surface area contributed by atoms with Crippen molar-refractivity contribution in [2.45, 2.75) is 31.2 Å². The minimum absolute atomic E-state index is 0.0812. The van der Waals surface area contributed by atoms with Gasteiger partial charge >= 0.3 is 5.97 Å². The van der Waals surface area contributed by atoms with Crippen LogP contribution in [0.25, 0.3) is 0 Å². The maximum atomic E-state index is 12.7. The third-order valence-electron chi connectivity index (χ3n) is 4.24. The number of β-lactam (4-membered cyclic amide) rings is 1. The molecule has 2 atom stereocenters. The molecule has 0 bridgehead atoms. The van der Waals surface area contributed by atoms with Crippen LogP contribution in [0.4, 0.5) is 5.13 Å². The summed E-state index contributed by atoms with van der Waals surface area (Å²) in [4.78, 5) is 47.7. The second kappa shape index (κ2) is 9.27. The number of nitrogens with zero attached hydrogens (tertiary/aromatic N) is 3. The molecule has 0 spiro atoms. The molecule has 2 amide bonds. The molecule has 2 aliphatic rings. The Hall–Kier alpha value is -2.60. The second-order valence-corrected chi connectivity index (χ2v) is 8.19. The zero-order chi connectivity index (χ0) is 21.0. The average molecular weight is 440 g/mol. The molecule has 3 rings (SSSR count). The van der Waals surface area contributed by atoms with Crippen molar-refractivity contribution in [3.8, 4) is 0 Å². The van der Waals surface area contributed by atoms with Gasteiger partial charge in [0.05, 0.1) is 6.61 Å². The number of hydrogen-bond acceptors (Lipinski definition) is 10. The number of oxime groups is 1. The number of nitrogen functional groups attached to an aromatic ring is 1. The molecular formula is C17H21N5O5S2. The first-order valence-electron chi connectivity index (χ1n) is 8.93. The van der Waals surface area contributed by atoms with Crippen molar-refractivity contribution < 1.29 is 24.0 Å². The summed E-state index contributed by atoms with van der Waals surface area (Å²) >= 11 is 2.60. The fourth-order valence-corrected chi connectivity index (χ4v) is 4.56. The number of carbonyl (C=O) groups excluding carboxylic acids is 3. The zero-order valence-corrected chi connectivity index (χ0v) is 17.5. The normalized spacial score (nSPS) is 21.0. The predicted octanol–water partition coefficient (Wildman–Crippen LogP) is 0.703. The minimum atomic E-state index is -0.794. The third kappa shape index (κ3) is 4.37. The van der Waals surface area contributed by atoms with Gasteiger partial charge < -0.3 is 20.6 Å². The average Bonchev–Trinajstić information content (AvgIpc) is 3.15. The molecular weight excluding hydrogens is 418 g/mol. The Balaban J connectivity index is 1.67. The fourth-order valence-electron chi connectivity index (χ4n) is 2.81. The first kappa shape index (κ1) is 21.1. The number of nitrogens with one attached hydrogen (secondary N) is 1. The van der Waals surface area contributed by atoms with Gasteiger partial charge in [-0.2, -0.15) is 0 Å². The number of hydrogen-bond donors (Lipinski definition) is 2. The first-order chi connectivity index (χ1) is 14.0. The van der Waals surface area contributed by atoms with Gasteiger partial charge in [0, 0.05) is 11.1 Å². The molecule has 3 N–H and O–H groups in total. The molecule has 1 saturated heterocycles. The number of aromatic nitrogens is 1. The SMILES string of the molecule is CCCCOC(=O)C1=CCS[C@@H]2C(NC(=O)C(=NOC)c3csc(N)n3)C(=O)N12. The van der Waals surface area contributed by atoms with E-state index in [1.165, 1.54) is 23.8 Å². The van der Waals surface area contributed by atoms with E-state index in [2.05, 4.69) is 15.5 Å². The van der Waals surface area contributed by atoms with Gasteiger partial charge in [-0.15, -0.1) is 23.1 Å². The lowest BCUT2D eigenvalue weighted by atomic mass is 10.0. The van der Waals surface area contributed by atoms with Crippen molar-refractivity contribution in [2.24, 2.45) is 5.16 Å². The maximum Gasteiger partial charge on any atom is 0.354 e. The lowest BCUT2D eigenvalue weighted by Crippen LogP contribution is -2.70. The second-order valence-electron chi connectivity index (χ2n) is 6.16. The Bertz CT molecular complexity index is 868. The number of esters is 1. The topological polar surface area (TPSA) is 136 Å². The number of unbranched alkanes of at least 4 members (excludes halogenated alkanes) is 1. The van der Waals surface area contributed by atoms with Crippen LogP contribution in [0.1, 0.15) is 25.5 Å². The lowest BCUT2D eigenvalue weighted by molar-refractivity contribution is -0.152. The van der Waals surface area contributed by atoms with E-state index in [1.807, 2.05) is 6.92 Å². The highest BCUT2D eigenvalue weighted by Crippen LogP contribution is 2.37. The molecule has 156 valence electrons. The largest absolute Gasteiger partial charge is 0.461 e. The molecule has 1 aromatic rings. The highest BCUT2D eigenvalue weighted by Gasteiger charge is 2.53. The molecule has 0 aromatic carbocycles. The van der Waals surface area contributed by atoms with Crippen molar-refractivity contribution in [1.82, 2.24) is 15.2 Å². The summed E-state index contributed by atoms with van der Waals surface area (Å²) in [5.41, 5.74) is 6.01. The number of thioether (sulfide) groups is 1. The zero-order valence-electron chi connectivity index (χ0n) is 15.9. The number of nitrogens with two attached hydrogens (primary N) is 1. The van der Waals surface area contributed by atoms with Crippen LogP contribution < -0.4 is 11.1 Å². The van der Waals surface area contributed by atoms with E-state index < -0.39 is 23.3 Å². The molecule has 0 aliphatic carbocycles. The maximum absolute atomic E-state index is 12.7. The Kier molecular flexibility index (Phi) is 6.75. The summed E-state index contributed by atoms with van der Waals surface area (Å²) < 4.78 is 5.22. The van der Waals surface area contributed by atoms with Crippen LogP contribution in [0.3, 0.4) is 0 Å². The van der Waals surface area contributed by atoms with Crippen molar-refractivity contribution in [1.29, 1.82) is 0 Å². The summed E-state index contributed by atoms with van der Waals surface area (Å²) in [6.07, 6.45) is 3.32. The van der Waals surface area contributed by atoms with Crippen molar-refractivity contribution in [3.63, 3.8) is 0 Å². The Labute approximate surface area is 175 Å². The molecule has 1 unspecified atom stereocenters. The predicted molar refractivity (Wildman–Crippen MR) is 109 cm³/mol. The van der Waals surface area contributed by atoms with Gasteiger partial charge in [-0.25, -0.2) is 9.78 Å². The van der Waals surface area contributed by atoms with Crippen LogP contribution >= 0.6 is 23.1 Å². The molecule has 12 heteroatoms. The van der Waals surface area contributed by atoms with Gasteiger partial charge in [0.25, 0.3) is 11.8 Å². The standard InChI is InChI=1S/C17H21N5O5S2/c1-3-4-6-27-16(25)10-5-7-28-15-12(14(24)22(10)15)20-13(23)11(21-26-2)9-8-29-17(18)19-9/h5,8,12,15H,3-4,6-7H2,1-2H3,(H2,18,19)(H,20,23)/t12?,15-/m1/s1. The highest BCUT2D eigenvalue weighted by atomic mass is 32.2. The summed E-state index contributed by atoms with van der Waals surface area (Å²) in [6, 6.07) is -0.794. The number of carbonyl (C=O) groups is 3. The molecule has 3 heterocycles. The van der Waals surface area contributed by atoms with E-state index in [1.54, 1.807) is 11.5 Å². The van der Waals surface area contributed by atoms with Crippen molar-refractivity contribution >= 4 is 51.7 Å². The van der Waals surface area contributed by atoms with Gasteiger partial charge in [0.2, 0.25) is 0 Å². The molecule has 0 radical (unpaired) electrons. The summed E-state index contributed by atoms with van der Waals surface area (Å²) in [5.74, 6) is -0.997. The monoisotopic (exact) mass is 439 g/mol. The smallest absolute Gasteiger partial charge is 0.354 e. The van der Waals surface area contributed by atoms with Gasteiger partial charge in [-0.05, 0) is 12.5 Å². The lowest BCUT2D eigenvalue weighted by Gasteiger charge is -2.48. The van der Waals surface area contributed by atoms with Crippen molar-refractivity contribution in [3.05, 3.63) is 22.8 Å². The van der Waals surface area contributed by atoms with Crippen LogP contribution in [0.2, 0.25) is 0 Å². The molecule has 1 fully saturated rings. The highest BCUT2D eigenvalue weighted by molar-refractivity contribution is 8.00. The molecule has 0 saturated carbocycles. The summed E-state index contributed by atoms with van der Waals surface area (Å²) in [5, 5.41) is 7.82. The number of rotatable bonds is 8. The number of thiazole rings is 1. The molecule has 10 nitrogen and oxygen atoms in total. The van der Waals surface area contributed by atoms with E-state index >= 15 is 0 Å². The van der Waals surface area contributed by atoms with E-state index in [-0.39, 0.29) is 28.1 Å². The number of ether oxygens (including phenoxy) is 1. The molecule has 29 heavy (non-hydrogen) atoms. The number of fused-ring (bicyclic) bond motifs is 1. The van der Waals surface area contributed by atoms with E-state index in [9.17, 15) is 14.4 Å². The van der Waals surface area contributed by atoms with Crippen LogP contribution in [0, 0.1) is 0 Å². The summed E-state index contributed by atoms with van der Waals surface area (Å²) in [7, 11) is 1.30. The van der Waals surface area contributed by atoms with Crippen LogP contribution in [-0.4, -0.2) is 64.3 Å². The van der Waals surface area contributed by atoms with Crippen LogP contribution in [-0.2, 0) is 24.0 Å². The third-order valence-corrected chi connectivity index (χ3v) is 6.09. The number of anilines is 1. The quantitative estimate of drug-likeness (QED) is 0.199. The number of amides is 2. The Morgan fingerprint density at radius 2 is 2.28 bits per heavy atom. The fraction of sp³-hybridized carbons (Fsp3) is 0.471. The van der Waals surface area contributed by atoms with Gasteiger partial charge in [0.1, 0.15) is 29.9 Å². The van der Waals surface area contributed by atoms with Crippen LogP contribution in [0.15, 0.2) is 22.3 Å². The molecule has 2 aliphatic heterocycles.